The Balaban J connectivity index is 1.37. The number of ether oxygens (including phenoxy) is 1. The standard InChI is InChI=1S/C24H24N2O6S/c1-16-7-10-21(33(29,30)25-14-20-6-3-11-31-20)13-22(16)24(28)32-15-23(27)26-19-9-8-17-4-2-5-18(17)12-19/h3,6-13,25H,2,4-5,14-15H2,1H3,(H,26,27). The van der Waals surface area contributed by atoms with Crippen molar-refractivity contribution in [3.8, 4) is 0 Å². The molecule has 1 aliphatic carbocycles. The monoisotopic (exact) mass is 468 g/mol. The summed E-state index contributed by atoms with van der Waals surface area (Å²) in [6.07, 6.45) is 4.59. The zero-order valence-corrected chi connectivity index (χ0v) is 18.9. The number of hydrogen-bond acceptors (Lipinski definition) is 6. The third-order valence-corrected chi connectivity index (χ3v) is 6.87. The number of carbonyl (C=O) groups excluding carboxylic acids is 2. The van der Waals surface area contributed by atoms with E-state index in [4.69, 9.17) is 9.15 Å². The molecule has 1 aromatic heterocycles. The molecule has 0 radical (unpaired) electrons. The Morgan fingerprint density at radius 3 is 2.67 bits per heavy atom. The molecule has 9 heteroatoms. The first-order valence-electron chi connectivity index (χ1n) is 10.5. The summed E-state index contributed by atoms with van der Waals surface area (Å²) in [5, 5.41) is 2.73. The minimum Gasteiger partial charge on any atom is -0.468 e. The highest BCUT2D eigenvalue weighted by Crippen LogP contribution is 2.25. The van der Waals surface area contributed by atoms with Crippen LogP contribution in [-0.2, 0) is 38.9 Å². The van der Waals surface area contributed by atoms with Crippen LogP contribution >= 0.6 is 0 Å². The van der Waals surface area contributed by atoms with Crippen LogP contribution in [0.3, 0.4) is 0 Å². The van der Waals surface area contributed by atoms with Crippen LogP contribution in [-0.4, -0.2) is 26.9 Å². The zero-order chi connectivity index (χ0) is 23.4. The summed E-state index contributed by atoms with van der Waals surface area (Å²) in [6.45, 7) is 1.16. The van der Waals surface area contributed by atoms with Gasteiger partial charge in [0.25, 0.3) is 5.91 Å². The Morgan fingerprint density at radius 2 is 1.88 bits per heavy atom. The average molecular weight is 469 g/mol. The predicted octanol–water partition coefficient (Wildman–Crippen LogP) is 3.35. The number of benzene rings is 2. The Hall–Kier alpha value is -3.43. The molecular formula is C24H24N2O6S. The Labute approximate surface area is 192 Å². The number of furan rings is 1. The largest absolute Gasteiger partial charge is 0.468 e. The van der Waals surface area contributed by atoms with E-state index < -0.39 is 28.5 Å². The number of aryl methyl sites for hydroxylation is 3. The number of esters is 1. The average Bonchev–Trinajstić information content (AvgIpc) is 3.48. The van der Waals surface area contributed by atoms with Crippen LogP contribution in [0.1, 0.15) is 39.2 Å². The van der Waals surface area contributed by atoms with E-state index in [2.05, 4.69) is 10.0 Å². The number of sulfonamides is 1. The summed E-state index contributed by atoms with van der Waals surface area (Å²) in [7, 11) is -3.88. The van der Waals surface area contributed by atoms with Gasteiger partial charge in [0.1, 0.15) is 5.76 Å². The Morgan fingerprint density at radius 1 is 1.06 bits per heavy atom. The fourth-order valence-corrected chi connectivity index (χ4v) is 4.73. The SMILES string of the molecule is Cc1ccc(S(=O)(=O)NCc2ccco2)cc1C(=O)OCC(=O)Nc1ccc2c(c1)CCC2. The summed E-state index contributed by atoms with van der Waals surface area (Å²) in [4.78, 5) is 24.7. The molecule has 1 heterocycles. The van der Waals surface area contributed by atoms with Crippen LogP contribution in [0.2, 0.25) is 0 Å². The zero-order valence-electron chi connectivity index (χ0n) is 18.1. The summed E-state index contributed by atoms with van der Waals surface area (Å²) < 4.78 is 37.9. The third-order valence-electron chi connectivity index (χ3n) is 5.47. The second-order valence-electron chi connectivity index (χ2n) is 7.84. The number of nitrogens with one attached hydrogen (secondary N) is 2. The van der Waals surface area contributed by atoms with E-state index in [0.717, 1.165) is 19.3 Å². The molecule has 0 saturated heterocycles. The maximum atomic E-state index is 12.6. The molecule has 0 bridgehead atoms. The van der Waals surface area contributed by atoms with E-state index >= 15 is 0 Å². The summed E-state index contributed by atoms with van der Waals surface area (Å²) >= 11 is 0. The van der Waals surface area contributed by atoms with Crippen molar-refractivity contribution >= 4 is 27.6 Å². The summed E-state index contributed by atoms with van der Waals surface area (Å²) in [5.41, 5.74) is 3.77. The van der Waals surface area contributed by atoms with Gasteiger partial charge in [0.15, 0.2) is 6.61 Å². The van der Waals surface area contributed by atoms with Crippen LogP contribution in [0.5, 0.6) is 0 Å². The highest BCUT2D eigenvalue weighted by Gasteiger charge is 2.20. The van der Waals surface area contributed by atoms with Gasteiger partial charge >= 0.3 is 5.97 Å². The van der Waals surface area contributed by atoms with Crippen molar-refractivity contribution in [1.82, 2.24) is 4.72 Å². The van der Waals surface area contributed by atoms with Crippen LogP contribution in [0.15, 0.2) is 64.1 Å². The van der Waals surface area contributed by atoms with Crippen molar-refractivity contribution in [2.24, 2.45) is 0 Å². The highest BCUT2D eigenvalue weighted by atomic mass is 32.2. The first kappa shape index (κ1) is 22.8. The molecule has 4 rings (SSSR count). The van der Waals surface area contributed by atoms with Gasteiger partial charge in [-0.2, -0.15) is 0 Å². The van der Waals surface area contributed by atoms with Crippen LogP contribution in [0.25, 0.3) is 0 Å². The van der Waals surface area contributed by atoms with Crippen molar-refractivity contribution < 1.29 is 27.2 Å². The number of rotatable bonds is 8. The molecule has 3 aromatic rings. The molecule has 8 nitrogen and oxygen atoms in total. The van der Waals surface area contributed by atoms with Gasteiger partial charge in [0.2, 0.25) is 10.0 Å². The smallest absolute Gasteiger partial charge is 0.338 e. The molecule has 0 spiro atoms. The first-order chi connectivity index (χ1) is 15.8. The van der Waals surface area contributed by atoms with Crippen LogP contribution in [0, 0.1) is 6.92 Å². The molecular weight excluding hydrogens is 444 g/mol. The lowest BCUT2D eigenvalue weighted by Gasteiger charge is -2.11. The second kappa shape index (κ2) is 9.60. The maximum absolute atomic E-state index is 12.6. The number of amides is 1. The normalized spacial score (nSPS) is 12.9. The van der Waals surface area contributed by atoms with Crippen LogP contribution < -0.4 is 10.0 Å². The van der Waals surface area contributed by atoms with E-state index in [1.807, 2.05) is 18.2 Å². The maximum Gasteiger partial charge on any atom is 0.338 e. The molecule has 0 aliphatic heterocycles. The van der Waals surface area contributed by atoms with Gasteiger partial charge < -0.3 is 14.5 Å². The molecule has 0 atom stereocenters. The molecule has 172 valence electrons. The summed E-state index contributed by atoms with van der Waals surface area (Å²) in [6, 6.07) is 13.2. The lowest BCUT2D eigenvalue weighted by Crippen LogP contribution is -2.24. The lowest BCUT2D eigenvalue weighted by molar-refractivity contribution is -0.119. The van der Waals surface area contributed by atoms with Crippen molar-refractivity contribution in [3.63, 3.8) is 0 Å². The molecule has 33 heavy (non-hydrogen) atoms. The minimum absolute atomic E-state index is 0.0220. The van der Waals surface area contributed by atoms with Gasteiger partial charge in [-0.3, -0.25) is 4.79 Å². The van der Waals surface area contributed by atoms with Crippen molar-refractivity contribution in [2.45, 2.75) is 37.6 Å². The Bertz CT molecular complexity index is 1280. The third kappa shape index (κ3) is 5.50. The quantitative estimate of drug-likeness (QED) is 0.490. The second-order valence-corrected chi connectivity index (χ2v) is 9.61. The van der Waals surface area contributed by atoms with Crippen LogP contribution in [0.4, 0.5) is 5.69 Å². The lowest BCUT2D eigenvalue weighted by atomic mass is 10.1. The number of anilines is 1. The van der Waals surface area contributed by atoms with Gasteiger partial charge in [-0.1, -0.05) is 12.1 Å². The molecule has 2 aromatic carbocycles. The molecule has 0 fully saturated rings. The molecule has 1 aliphatic rings. The van der Waals surface area contributed by atoms with E-state index in [9.17, 15) is 18.0 Å². The van der Waals surface area contributed by atoms with Crippen molar-refractivity contribution in [1.29, 1.82) is 0 Å². The molecule has 0 saturated carbocycles. The summed E-state index contributed by atoms with van der Waals surface area (Å²) in [5.74, 6) is -0.790. The van der Waals surface area contributed by atoms with Crippen molar-refractivity contribution in [2.75, 3.05) is 11.9 Å². The van der Waals surface area contributed by atoms with Gasteiger partial charge in [0, 0.05) is 5.69 Å². The van der Waals surface area contributed by atoms with E-state index in [1.54, 1.807) is 19.1 Å². The first-order valence-corrected chi connectivity index (χ1v) is 12.0. The minimum atomic E-state index is -3.88. The van der Waals surface area contributed by atoms with Gasteiger partial charge in [-0.25, -0.2) is 17.9 Å². The van der Waals surface area contributed by atoms with E-state index in [0.29, 0.717) is 17.0 Å². The number of hydrogen-bond donors (Lipinski definition) is 2. The van der Waals surface area contributed by atoms with Gasteiger partial charge in [-0.05, 0) is 79.3 Å². The Kier molecular flexibility index (Phi) is 6.62. The molecule has 2 N–H and O–H groups in total. The van der Waals surface area contributed by atoms with E-state index in [1.165, 1.54) is 35.6 Å². The molecule has 1 amide bonds. The fourth-order valence-electron chi connectivity index (χ4n) is 3.71. The predicted molar refractivity (Wildman–Crippen MR) is 121 cm³/mol. The number of carbonyl (C=O) groups is 2. The van der Waals surface area contributed by atoms with Gasteiger partial charge in [0.05, 0.1) is 23.3 Å². The number of fused-ring (bicyclic) bond motifs is 1. The van der Waals surface area contributed by atoms with Crippen molar-refractivity contribution in [3.05, 3.63) is 82.8 Å². The molecule has 0 unspecified atom stereocenters. The van der Waals surface area contributed by atoms with Gasteiger partial charge in [-0.15, -0.1) is 0 Å². The fraction of sp³-hybridized carbons (Fsp3) is 0.250. The topological polar surface area (TPSA) is 115 Å². The highest BCUT2D eigenvalue weighted by molar-refractivity contribution is 7.89. The van der Waals surface area contributed by atoms with E-state index in [-0.39, 0.29) is 17.0 Å².